The van der Waals surface area contributed by atoms with Crippen molar-refractivity contribution in [3.05, 3.63) is 116 Å². The minimum absolute atomic E-state index is 1.07. The third-order valence-electron chi connectivity index (χ3n) is 6.41. The van der Waals surface area contributed by atoms with Gasteiger partial charge in [-0.2, -0.15) is 0 Å². The molecule has 0 radical (unpaired) electrons. The van der Waals surface area contributed by atoms with Gasteiger partial charge >= 0.3 is 0 Å². The minimum atomic E-state index is 1.07. The van der Waals surface area contributed by atoms with Crippen molar-refractivity contribution in [3.8, 4) is 16.8 Å². The molecule has 0 unspecified atom stereocenters. The zero-order valence-corrected chi connectivity index (χ0v) is 17.3. The fourth-order valence-corrected chi connectivity index (χ4v) is 5.12. The van der Waals surface area contributed by atoms with E-state index in [1.807, 2.05) is 18.5 Å². The number of aromatic nitrogens is 3. The molecule has 0 N–H and O–H groups in total. The van der Waals surface area contributed by atoms with E-state index in [1.54, 1.807) is 0 Å². The van der Waals surface area contributed by atoms with Crippen LogP contribution in [0.3, 0.4) is 0 Å². The molecule has 3 heteroatoms. The highest BCUT2D eigenvalue weighted by atomic mass is 15.0. The molecule has 4 aromatic heterocycles. The standard InChI is InChI=1S/C29H19N3/c1-2-9-20(10-3-1)27-24-13-5-6-14-25(24)31-18-16-23-22-12-4-7-15-26(22)32(28(23)29(27)31)21-11-8-17-30-19-21/h1-19H. The first-order chi connectivity index (χ1) is 15.9. The first-order valence-corrected chi connectivity index (χ1v) is 10.8. The zero-order valence-electron chi connectivity index (χ0n) is 17.3. The number of hydrogen-bond donors (Lipinski definition) is 0. The van der Waals surface area contributed by atoms with Crippen LogP contribution in [0.15, 0.2) is 116 Å². The summed E-state index contributed by atoms with van der Waals surface area (Å²) in [5.74, 6) is 0. The molecule has 0 fully saturated rings. The van der Waals surface area contributed by atoms with Crippen LogP contribution < -0.4 is 0 Å². The predicted octanol–water partition coefficient (Wildman–Crippen LogP) is 7.25. The van der Waals surface area contributed by atoms with E-state index in [4.69, 9.17) is 0 Å². The summed E-state index contributed by atoms with van der Waals surface area (Å²) >= 11 is 0. The van der Waals surface area contributed by atoms with Gasteiger partial charge in [0, 0.05) is 34.1 Å². The van der Waals surface area contributed by atoms with Gasteiger partial charge in [0.15, 0.2) is 0 Å². The molecule has 0 saturated carbocycles. The maximum absolute atomic E-state index is 4.43. The third kappa shape index (κ3) is 2.28. The number of benzene rings is 3. The predicted molar refractivity (Wildman–Crippen MR) is 132 cm³/mol. The first kappa shape index (κ1) is 17.3. The first-order valence-electron chi connectivity index (χ1n) is 10.8. The van der Waals surface area contributed by atoms with Crippen LogP contribution in [0.2, 0.25) is 0 Å². The van der Waals surface area contributed by atoms with E-state index in [1.165, 1.54) is 49.4 Å². The maximum Gasteiger partial charge on any atom is 0.0790 e. The highest BCUT2D eigenvalue weighted by Gasteiger charge is 2.21. The lowest BCUT2D eigenvalue weighted by Gasteiger charge is -2.10. The van der Waals surface area contributed by atoms with E-state index in [2.05, 4.69) is 111 Å². The molecule has 150 valence electrons. The number of pyridine rings is 2. The molecule has 0 saturated heterocycles. The summed E-state index contributed by atoms with van der Waals surface area (Å²) in [6.45, 7) is 0. The molecule has 0 aliphatic rings. The molecule has 0 bridgehead atoms. The van der Waals surface area contributed by atoms with Gasteiger partial charge in [-0.1, -0.05) is 66.7 Å². The Morgan fingerprint density at radius 3 is 2.12 bits per heavy atom. The van der Waals surface area contributed by atoms with Crippen LogP contribution in [0.1, 0.15) is 0 Å². The van der Waals surface area contributed by atoms with E-state index in [-0.39, 0.29) is 0 Å². The monoisotopic (exact) mass is 409 g/mol. The van der Waals surface area contributed by atoms with Gasteiger partial charge in [-0.05, 0) is 35.9 Å². The van der Waals surface area contributed by atoms with Gasteiger partial charge in [0.2, 0.25) is 0 Å². The minimum Gasteiger partial charge on any atom is -0.314 e. The van der Waals surface area contributed by atoms with Crippen LogP contribution in [0.4, 0.5) is 0 Å². The van der Waals surface area contributed by atoms with Crippen molar-refractivity contribution in [3.63, 3.8) is 0 Å². The molecule has 4 heterocycles. The number of fused-ring (bicyclic) bond motifs is 7. The molecule has 0 aliphatic carbocycles. The van der Waals surface area contributed by atoms with Crippen molar-refractivity contribution in [2.24, 2.45) is 0 Å². The van der Waals surface area contributed by atoms with Crippen LogP contribution in [0.5, 0.6) is 0 Å². The molecule has 0 atom stereocenters. The van der Waals surface area contributed by atoms with Crippen molar-refractivity contribution in [1.29, 1.82) is 0 Å². The summed E-state index contributed by atoms with van der Waals surface area (Å²) in [4.78, 5) is 4.43. The third-order valence-corrected chi connectivity index (χ3v) is 6.41. The van der Waals surface area contributed by atoms with Crippen LogP contribution in [0, 0.1) is 0 Å². The Balaban J connectivity index is 1.81. The van der Waals surface area contributed by atoms with Gasteiger partial charge in [-0.25, -0.2) is 0 Å². The average molecular weight is 409 g/mol. The SMILES string of the molecule is c1ccc(-c2c3ccccc3n3ccc4c5ccccc5n(-c5cccnc5)c4c23)cc1. The van der Waals surface area contributed by atoms with Crippen molar-refractivity contribution in [1.82, 2.24) is 14.0 Å². The smallest absolute Gasteiger partial charge is 0.0790 e. The lowest BCUT2D eigenvalue weighted by molar-refractivity contribution is 1.13. The molecule has 7 rings (SSSR count). The summed E-state index contributed by atoms with van der Waals surface area (Å²) in [6.07, 6.45) is 5.99. The molecule has 32 heavy (non-hydrogen) atoms. The van der Waals surface area contributed by atoms with E-state index < -0.39 is 0 Å². The normalized spacial score (nSPS) is 11.8. The highest BCUT2D eigenvalue weighted by molar-refractivity contribution is 6.20. The Morgan fingerprint density at radius 1 is 0.562 bits per heavy atom. The number of rotatable bonds is 2. The zero-order chi connectivity index (χ0) is 21.1. The summed E-state index contributed by atoms with van der Waals surface area (Å²) in [5, 5.41) is 3.75. The highest BCUT2D eigenvalue weighted by Crippen LogP contribution is 2.42. The molecular weight excluding hydrogens is 390 g/mol. The maximum atomic E-state index is 4.43. The Hall–Kier alpha value is -4.37. The lowest BCUT2D eigenvalue weighted by atomic mass is 10.0. The van der Waals surface area contributed by atoms with Crippen LogP contribution in [-0.2, 0) is 0 Å². The summed E-state index contributed by atoms with van der Waals surface area (Å²) in [5.41, 5.74) is 8.38. The van der Waals surface area contributed by atoms with Crippen molar-refractivity contribution < 1.29 is 0 Å². The molecule has 0 aliphatic heterocycles. The second-order valence-corrected chi connectivity index (χ2v) is 8.12. The van der Waals surface area contributed by atoms with Gasteiger partial charge in [-0.3, -0.25) is 4.98 Å². The van der Waals surface area contributed by atoms with Crippen LogP contribution >= 0.6 is 0 Å². The summed E-state index contributed by atoms with van der Waals surface area (Å²) in [6, 6.07) is 34.4. The summed E-state index contributed by atoms with van der Waals surface area (Å²) < 4.78 is 4.70. The number of hydrogen-bond acceptors (Lipinski definition) is 1. The topological polar surface area (TPSA) is 22.2 Å². The van der Waals surface area contributed by atoms with Crippen LogP contribution in [0.25, 0.3) is 55.0 Å². The van der Waals surface area contributed by atoms with Crippen molar-refractivity contribution in [2.45, 2.75) is 0 Å². The molecule has 0 spiro atoms. The van der Waals surface area contributed by atoms with Gasteiger partial charge in [0.25, 0.3) is 0 Å². The Labute approximate surface area is 184 Å². The van der Waals surface area contributed by atoms with Crippen molar-refractivity contribution >= 4 is 38.2 Å². The molecule has 3 nitrogen and oxygen atoms in total. The van der Waals surface area contributed by atoms with E-state index >= 15 is 0 Å². The van der Waals surface area contributed by atoms with Gasteiger partial charge in [0.1, 0.15) is 0 Å². The van der Waals surface area contributed by atoms with Gasteiger partial charge in [-0.15, -0.1) is 0 Å². The lowest BCUT2D eigenvalue weighted by Crippen LogP contribution is -1.96. The Morgan fingerprint density at radius 2 is 1.31 bits per heavy atom. The van der Waals surface area contributed by atoms with Crippen molar-refractivity contribution in [2.75, 3.05) is 0 Å². The Bertz CT molecular complexity index is 1620. The molecule has 3 aromatic carbocycles. The average Bonchev–Trinajstić information content (AvgIpc) is 3.38. The number of para-hydroxylation sites is 2. The van der Waals surface area contributed by atoms with E-state index in [0.717, 1.165) is 5.69 Å². The molecule has 0 amide bonds. The second kappa shape index (κ2) is 6.56. The fraction of sp³-hybridized carbons (Fsp3) is 0. The quantitative estimate of drug-likeness (QED) is 0.295. The molecular formula is C29H19N3. The van der Waals surface area contributed by atoms with E-state index in [9.17, 15) is 0 Å². The van der Waals surface area contributed by atoms with Crippen LogP contribution in [-0.4, -0.2) is 14.0 Å². The number of nitrogens with zero attached hydrogens (tertiary/aromatic N) is 3. The largest absolute Gasteiger partial charge is 0.314 e. The van der Waals surface area contributed by atoms with Gasteiger partial charge < -0.3 is 8.97 Å². The fourth-order valence-electron chi connectivity index (χ4n) is 5.12. The second-order valence-electron chi connectivity index (χ2n) is 8.12. The molecule has 7 aromatic rings. The summed E-state index contributed by atoms with van der Waals surface area (Å²) in [7, 11) is 0. The van der Waals surface area contributed by atoms with Gasteiger partial charge in [0.05, 0.1) is 34.0 Å². The Kier molecular flexibility index (Phi) is 3.55. The van der Waals surface area contributed by atoms with E-state index in [0.29, 0.717) is 0 Å².